The van der Waals surface area contributed by atoms with E-state index in [2.05, 4.69) is 37.2 Å². The van der Waals surface area contributed by atoms with Crippen molar-refractivity contribution in [3.8, 4) is 12.3 Å². The van der Waals surface area contributed by atoms with Gasteiger partial charge < -0.3 is 5.32 Å². The minimum atomic E-state index is 0.347. The number of terminal acetylenes is 1. The molecule has 0 saturated heterocycles. The molecule has 2 heteroatoms. The molecule has 0 spiro atoms. The molecule has 0 amide bonds. The van der Waals surface area contributed by atoms with Gasteiger partial charge in [0, 0.05) is 16.2 Å². The fourth-order valence-electron chi connectivity index (χ4n) is 1.48. The number of rotatable bonds is 6. The van der Waals surface area contributed by atoms with E-state index in [0.717, 1.165) is 25.8 Å². The molecule has 0 aliphatic carbocycles. The van der Waals surface area contributed by atoms with E-state index in [1.54, 1.807) is 0 Å². The summed E-state index contributed by atoms with van der Waals surface area (Å²) in [4.78, 5) is 2.81. The number of hydrogen-bond acceptors (Lipinski definition) is 2. The summed E-state index contributed by atoms with van der Waals surface area (Å²) >= 11 is 1.87. The van der Waals surface area contributed by atoms with E-state index in [1.165, 1.54) is 9.75 Å². The smallest absolute Gasteiger partial charge is 0.0525 e. The molecule has 1 N–H and O–H groups in total. The van der Waals surface area contributed by atoms with E-state index < -0.39 is 0 Å². The molecule has 0 aliphatic rings. The predicted octanol–water partition coefficient (Wildman–Crippen LogP) is 3.37. The van der Waals surface area contributed by atoms with Crippen molar-refractivity contribution in [2.75, 3.05) is 6.54 Å². The van der Waals surface area contributed by atoms with Crippen LogP contribution in [0.2, 0.25) is 0 Å². The third-order valence-electron chi connectivity index (χ3n) is 2.34. The number of aryl methyl sites for hydroxylation is 1. The van der Waals surface area contributed by atoms with Gasteiger partial charge >= 0.3 is 0 Å². The molecule has 1 heterocycles. The lowest BCUT2D eigenvalue weighted by Crippen LogP contribution is -2.20. The Morgan fingerprint density at radius 3 is 2.80 bits per heavy atom. The van der Waals surface area contributed by atoms with Crippen molar-refractivity contribution in [1.82, 2.24) is 5.32 Å². The fourth-order valence-corrected chi connectivity index (χ4v) is 2.51. The van der Waals surface area contributed by atoms with Gasteiger partial charge in [-0.15, -0.1) is 23.7 Å². The molecule has 1 nitrogen and oxygen atoms in total. The summed E-state index contributed by atoms with van der Waals surface area (Å²) in [6.45, 7) is 5.39. The van der Waals surface area contributed by atoms with Crippen molar-refractivity contribution >= 4 is 11.3 Å². The van der Waals surface area contributed by atoms with E-state index in [1.807, 2.05) is 11.3 Å². The highest BCUT2D eigenvalue weighted by atomic mass is 32.1. The maximum Gasteiger partial charge on any atom is 0.0525 e. The van der Waals surface area contributed by atoms with E-state index in [-0.39, 0.29) is 0 Å². The summed E-state index contributed by atoms with van der Waals surface area (Å²) in [7, 11) is 0. The van der Waals surface area contributed by atoms with Crippen LogP contribution in [0, 0.1) is 12.3 Å². The zero-order chi connectivity index (χ0) is 11.1. The van der Waals surface area contributed by atoms with Crippen molar-refractivity contribution in [3.63, 3.8) is 0 Å². The van der Waals surface area contributed by atoms with Crippen LogP contribution in [0.5, 0.6) is 0 Å². The van der Waals surface area contributed by atoms with Crippen molar-refractivity contribution in [2.24, 2.45) is 0 Å². The number of hydrogen-bond donors (Lipinski definition) is 1. The molecule has 15 heavy (non-hydrogen) atoms. The van der Waals surface area contributed by atoms with Gasteiger partial charge in [0.25, 0.3) is 0 Å². The molecule has 0 saturated carbocycles. The first-order chi connectivity index (χ1) is 7.31. The molecule has 1 atom stereocenters. The first-order valence-electron chi connectivity index (χ1n) is 5.57. The maximum atomic E-state index is 5.39. The second kappa shape index (κ2) is 6.66. The van der Waals surface area contributed by atoms with Crippen LogP contribution < -0.4 is 5.32 Å². The minimum absolute atomic E-state index is 0.347. The molecule has 0 aromatic carbocycles. The molecule has 0 fully saturated rings. The molecule has 1 unspecified atom stereocenters. The third kappa shape index (κ3) is 3.70. The molecule has 0 radical (unpaired) electrons. The molecule has 1 aromatic rings. The normalized spacial score (nSPS) is 12.3. The monoisotopic (exact) mass is 221 g/mol. The molecule has 82 valence electrons. The minimum Gasteiger partial charge on any atom is -0.308 e. The summed E-state index contributed by atoms with van der Waals surface area (Å²) in [6, 6.07) is 4.76. The second-order valence-corrected chi connectivity index (χ2v) is 4.77. The average Bonchev–Trinajstić information content (AvgIpc) is 2.72. The van der Waals surface area contributed by atoms with Crippen LogP contribution in [-0.2, 0) is 6.42 Å². The van der Waals surface area contributed by atoms with Gasteiger partial charge in [-0.25, -0.2) is 0 Å². The molecule has 1 aromatic heterocycles. The lowest BCUT2D eigenvalue weighted by molar-refractivity contribution is 0.550. The number of nitrogens with one attached hydrogen (secondary N) is 1. The predicted molar refractivity (Wildman–Crippen MR) is 68.2 cm³/mol. The Balaban J connectivity index is 2.66. The van der Waals surface area contributed by atoms with Gasteiger partial charge in [0.15, 0.2) is 0 Å². The zero-order valence-electron chi connectivity index (χ0n) is 9.55. The molecule has 0 aliphatic heterocycles. The van der Waals surface area contributed by atoms with Gasteiger partial charge in [-0.2, -0.15) is 0 Å². The van der Waals surface area contributed by atoms with E-state index >= 15 is 0 Å². The van der Waals surface area contributed by atoms with Gasteiger partial charge in [-0.05, 0) is 31.5 Å². The summed E-state index contributed by atoms with van der Waals surface area (Å²) in [5.74, 6) is 2.75. The fraction of sp³-hybridized carbons (Fsp3) is 0.538. The van der Waals surface area contributed by atoms with Crippen LogP contribution in [0.3, 0.4) is 0 Å². The Kier molecular flexibility index (Phi) is 5.45. The van der Waals surface area contributed by atoms with Crippen molar-refractivity contribution in [1.29, 1.82) is 0 Å². The quantitative estimate of drug-likeness (QED) is 0.726. The van der Waals surface area contributed by atoms with Crippen LogP contribution in [0.4, 0.5) is 0 Å². The Labute approximate surface area is 96.9 Å². The van der Waals surface area contributed by atoms with Gasteiger partial charge in [-0.3, -0.25) is 0 Å². The van der Waals surface area contributed by atoms with Gasteiger partial charge in [-0.1, -0.05) is 13.8 Å². The topological polar surface area (TPSA) is 12.0 Å². The van der Waals surface area contributed by atoms with Crippen molar-refractivity contribution in [2.45, 2.75) is 39.2 Å². The molecule has 1 rings (SSSR count). The highest BCUT2D eigenvalue weighted by Crippen LogP contribution is 2.25. The van der Waals surface area contributed by atoms with Crippen molar-refractivity contribution < 1.29 is 0 Å². The van der Waals surface area contributed by atoms with Gasteiger partial charge in [0.2, 0.25) is 0 Å². The van der Waals surface area contributed by atoms with Gasteiger partial charge in [0.05, 0.1) is 6.04 Å². The number of thiophene rings is 1. The van der Waals surface area contributed by atoms with Gasteiger partial charge in [0.1, 0.15) is 0 Å². The zero-order valence-corrected chi connectivity index (χ0v) is 10.4. The summed E-state index contributed by atoms with van der Waals surface area (Å²) < 4.78 is 0. The highest BCUT2D eigenvalue weighted by molar-refractivity contribution is 7.12. The molecular weight excluding hydrogens is 202 g/mol. The molecule has 0 bridgehead atoms. The van der Waals surface area contributed by atoms with E-state index in [0.29, 0.717) is 6.04 Å². The lowest BCUT2D eigenvalue weighted by Gasteiger charge is -2.13. The van der Waals surface area contributed by atoms with E-state index in [9.17, 15) is 0 Å². The third-order valence-corrected chi connectivity index (χ3v) is 3.68. The lowest BCUT2D eigenvalue weighted by atomic mass is 10.1. The SMILES string of the molecule is C#CCC(NCCC)c1ccc(CC)s1. The average molecular weight is 221 g/mol. The summed E-state index contributed by atoms with van der Waals surface area (Å²) in [6.07, 6.45) is 8.43. The Morgan fingerprint density at radius 1 is 1.47 bits per heavy atom. The van der Waals surface area contributed by atoms with Crippen LogP contribution in [0.25, 0.3) is 0 Å². The van der Waals surface area contributed by atoms with Crippen LogP contribution in [0.1, 0.15) is 42.5 Å². The Bertz CT molecular complexity index is 322. The standard InChI is InChI=1S/C13H19NS/c1-4-7-12(14-10-5-2)13-9-8-11(6-3)15-13/h1,8-9,12,14H,5-7,10H2,2-3H3. The van der Waals surface area contributed by atoms with Crippen LogP contribution in [0.15, 0.2) is 12.1 Å². The Morgan fingerprint density at radius 2 is 2.27 bits per heavy atom. The molecular formula is C13H19NS. The largest absolute Gasteiger partial charge is 0.308 e. The first-order valence-corrected chi connectivity index (χ1v) is 6.38. The first kappa shape index (κ1) is 12.3. The highest BCUT2D eigenvalue weighted by Gasteiger charge is 2.11. The maximum absolute atomic E-state index is 5.39. The Hall–Kier alpha value is -0.780. The van der Waals surface area contributed by atoms with Crippen molar-refractivity contribution in [3.05, 3.63) is 21.9 Å². The summed E-state index contributed by atoms with van der Waals surface area (Å²) in [5, 5.41) is 3.49. The second-order valence-electron chi connectivity index (χ2n) is 3.57. The van der Waals surface area contributed by atoms with Crippen LogP contribution in [-0.4, -0.2) is 6.54 Å². The van der Waals surface area contributed by atoms with E-state index in [4.69, 9.17) is 6.42 Å². The van der Waals surface area contributed by atoms with Crippen LogP contribution >= 0.6 is 11.3 Å². The summed E-state index contributed by atoms with van der Waals surface area (Å²) in [5.41, 5.74) is 0.